The molecule has 0 aliphatic carbocycles. The molecule has 1 heterocycles. The molecule has 4 aromatic rings. The molecule has 186 valence electrons. The van der Waals surface area contributed by atoms with E-state index < -0.39 is 0 Å². The number of halogens is 1. The summed E-state index contributed by atoms with van der Waals surface area (Å²) in [4.78, 5) is 18.5. The molecule has 0 unspecified atom stereocenters. The minimum atomic E-state index is -0.247. The average molecular weight is 504 g/mol. The van der Waals surface area contributed by atoms with Crippen LogP contribution in [0.4, 0.5) is 0 Å². The minimum Gasteiger partial charge on any atom is -0.494 e. The highest BCUT2D eigenvalue weighted by Gasteiger charge is 2.18. The summed E-state index contributed by atoms with van der Waals surface area (Å²) in [5.41, 5.74) is 3.93. The maximum absolute atomic E-state index is 13.6. The quantitative estimate of drug-likeness (QED) is 0.247. The summed E-state index contributed by atoms with van der Waals surface area (Å²) < 4.78 is 12.8. The zero-order chi connectivity index (χ0) is 25.8. The van der Waals surface area contributed by atoms with Gasteiger partial charge in [0.15, 0.2) is 5.82 Å². The smallest absolute Gasteiger partial charge is 0.282 e. The summed E-state index contributed by atoms with van der Waals surface area (Å²) >= 11 is 6.36. The highest BCUT2D eigenvalue weighted by molar-refractivity contribution is 6.32. The van der Waals surface area contributed by atoms with Crippen LogP contribution >= 0.6 is 11.6 Å². The van der Waals surface area contributed by atoms with Crippen LogP contribution < -0.4 is 15.0 Å². The first-order valence-corrected chi connectivity index (χ1v) is 12.5. The Kier molecular flexibility index (Phi) is 7.75. The molecule has 0 N–H and O–H groups in total. The number of hydrogen-bond donors (Lipinski definition) is 0. The lowest BCUT2D eigenvalue weighted by molar-refractivity contribution is 0.335. The van der Waals surface area contributed by atoms with Crippen molar-refractivity contribution in [2.45, 2.75) is 40.5 Å². The molecule has 3 aromatic carbocycles. The number of fused-ring (bicyclic) bond motifs is 1. The number of benzene rings is 3. The molecule has 1 aromatic heterocycles. The van der Waals surface area contributed by atoms with Crippen molar-refractivity contribution in [3.63, 3.8) is 0 Å². The third-order valence-corrected chi connectivity index (χ3v) is 6.15. The number of ether oxygens (including phenoxy) is 2. The van der Waals surface area contributed by atoms with Gasteiger partial charge in [0.2, 0.25) is 0 Å². The normalized spacial score (nSPS) is 11.5. The molecule has 0 spiro atoms. The molecule has 0 saturated heterocycles. The molecule has 0 saturated carbocycles. The van der Waals surface area contributed by atoms with Crippen molar-refractivity contribution in [1.82, 2.24) is 9.66 Å². The summed E-state index contributed by atoms with van der Waals surface area (Å²) in [6, 6.07) is 16.8. The summed E-state index contributed by atoms with van der Waals surface area (Å²) in [6.45, 7) is 11.2. The van der Waals surface area contributed by atoms with Gasteiger partial charge in [0.05, 0.1) is 35.4 Å². The third kappa shape index (κ3) is 5.14. The van der Waals surface area contributed by atoms with Crippen LogP contribution in [0.2, 0.25) is 5.02 Å². The van der Waals surface area contributed by atoms with Gasteiger partial charge in [-0.1, -0.05) is 37.6 Å². The lowest BCUT2D eigenvalue weighted by atomic mass is 9.96. The standard InChI is InChI=1S/C29H30ClN3O3/c1-6-35-26-13-12-20(15-24(26)30)17-31-33-28(32-25-11-9-8-10-21(25)29(33)34)23-16-22(18(3)4)27(36-7-2)14-19(23)5/h8-18H,6-7H2,1-5H3. The van der Waals surface area contributed by atoms with E-state index in [1.165, 1.54) is 4.68 Å². The molecule has 6 nitrogen and oxygen atoms in total. The zero-order valence-corrected chi connectivity index (χ0v) is 22.0. The van der Waals surface area contributed by atoms with Crippen LogP contribution in [-0.4, -0.2) is 29.1 Å². The van der Waals surface area contributed by atoms with Crippen LogP contribution in [-0.2, 0) is 0 Å². The van der Waals surface area contributed by atoms with Crippen LogP contribution in [0.5, 0.6) is 11.5 Å². The fourth-order valence-corrected chi connectivity index (χ4v) is 4.31. The predicted molar refractivity (Wildman–Crippen MR) is 147 cm³/mol. The van der Waals surface area contributed by atoms with E-state index in [1.54, 1.807) is 24.4 Å². The fourth-order valence-electron chi connectivity index (χ4n) is 4.07. The first-order valence-electron chi connectivity index (χ1n) is 12.1. The predicted octanol–water partition coefficient (Wildman–Crippen LogP) is 6.83. The van der Waals surface area contributed by atoms with Gasteiger partial charge in [-0.3, -0.25) is 4.79 Å². The second kappa shape index (κ2) is 11.0. The van der Waals surface area contributed by atoms with E-state index in [4.69, 9.17) is 26.1 Å². The molecule has 0 fully saturated rings. The number of para-hydroxylation sites is 1. The van der Waals surface area contributed by atoms with Gasteiger partial charge in [-0.2, -0.15) is 9.78 Å². The first-order chi connectivity index (χ1) is 17.3. The van der Waals surface area contributed by atoms with Gasteiger partial charge in [-0.15, -0.1) is 0 Å². The van der Waals surface area contributed by atoms with Crippen LogP contribution in [0.3, 0.4) is 0 Å². The van der Waals surface area contributed by atoms with E-state index in [9.17, 15) is 4.79 Å². The molecule has 0 atom stereocenters. The van der Waals surface area contributed by atoms with E-state index >= 15 is 0 Å². The van der Waals surface area contributed by atoms with Crippen molar-refractivity contribution in [3.05, 3.63) is 86.7 Å². The van der Waals surface area contributed by atoms with E-state index in [-0.39, 0.29) is 11.5 Å². The Morgan fingerprint density at radius 2 is 1.75 bits per heavy atom. The van der Waals surface area contributed by atoms with E-state index in [0.717, 1.165) is 28.0 Å². The molecule has 4 rings (SSSR count). The van der Waals surface area contributed by atoms with E-state index in [1.807, 2.05) is 51.1 Å². The monoisotopic (exact) mass is 503 g/mol. The Labute approximate surface area is 216 Å². The van der Waals surface area contributed by atoms with E-state index in [2.05, 4.69) is 25.0 Å². The second-order valence-corrected chi connectivity index (χ2v) is 9.14. The SMILES string of the molecule is CCOc1ccc(C=Nn2c(-c3cc(C(C)C)c(OCC)cc3C)nc3ccccc3c2=O)cc1Cl. The number of aromatic nitrogens is 2. The Morgan fingerprint density at radius 3 is 2.44 bits per heavy atom. The first kappa shape index (κ1) is 25.5. The van der Waals surface area contributed by atoms with Gasteiger partial charge in [0.25, 0.3) is 5.56 Å². The number of nitrogens with zero attached hydrogens (tertiary/aromatic N) is 3. The molecule has 36 heavy (non-hydrogen) atoms. The summed E-state index contributed by atoms with van der Waals surface area (Å²) in [7, 11) is 0. The van der Waals surface area contributed by atoms with Crippen LogP contribution in [0.15, 0.2) is 64.5 Å². The molecule has 7 heteroatoms. The molecule has 0 aliphatic rings. The van der Waals surface area contributed by atoms with E-state index in [0.29, 0.717) is 40.7 Å². The lowest BCUT2D eigenvalue weighted by Crippen LogP contribution is -2.20. The van der Waals surface area contributed by atoms with Gasteiger partial charge >= 0.3 is 0 Å². The molecule has 0 amide bonds. The van der Waals surface area contributed by atoms with Crippen molar-refractivity contribution in [2.24, 2.45) is 5.10 Å². The largest absolute Gasteiger partial charge is 0.494 e. The highest BCUT2D eigenvalue weighted by Crippen LogP contribution is 2.34. The highest BCUT2D eigenvalue weighted by atomic mass is 35.5. The van der Waals surface area contributed by atoms with Gasteiger partial charge in [0, 0.05) is 5.56 Å². The van der Waals surface area contributed by atoms with Crippen LogP contribution in [0, 0.1) is 6.92 Å². The number of rotatable bonds is 8. The van der Waals surface area contributed by atoms with Crippen molar-refractivity contribution >= 4 is 28.7 Å². The third-order valence-electron chi connectivity index (χ3n) is 5.85. The zero-order valence-electron chi connectivity index (χ0n) is 21.2. The summed E-state index contributed by atoms with van der Waals surface area (Å²) in [6.07, 6.45) is 1.61. The van der Waals surface area contributed by atoms with Crippen molar-refractivity contribution in [3.8, 4) is 22.9 Å². The molecule has 0 aliphatic heterocycles. The van der Waals surface area contributed by atoms with Gasteiger partial charge in [0.1, 0.15) is 11.5 Å². The molecular weight excluding hydrogens is 474 g/mol. The van der Waals surface area contributed by atoms with Crippen molar-refractivity contribution in [2.75, 3.05) is 13.2 Å². The van der Waals surface area contributed by atoms with Crippen molar-refractivity contribution < 1.29 is 9.47 Å². The van der Waals surface area contributed by atoms with Crippen LogP contribution in [0.1, 0.15) is 50.3 Å². The summed E-state index contributed by atoms with van der Waals surface area (Å²) in [5.74, 6) is 2.14. The second-order valence-electron chi connectivity index (χ2n) is 8.73. The average Bonchev–Trinajstić information content (AvgIpc) is 2.85. The Hall–Kier alpha value is -3.64. The Balaban J connectivity index is 1.92. The molecule has 0 bridgehead atoms. The number of hydrogen-bond acceptors (Lipinski definition) is 5. The summed E-state index contributed by atoms with van der Waals surface area (Å²) in [5, 5.41) is 5.56. The molecular formula is C29H30ClN3O3. The minimum absolute atomic E-state index is 0.223. The lowest BCUT2D eigenvalue weighted by Gasteiger charge is -2.18. The fraction of sp³-hybridized carbons (Fsp3) is 0.276. The van der Waals surface area contributed by atoms with Gasteiger partial charge in [-0.05, 0) is 85.8 Å². The van der Waals surface area contributed by atoms with Gasteiger partial charge < -0.3 is 9.47 Å². The molecule has 0 radical (unpaired) electrons. The Morgan fingerprint density at radius 1 is 1.03 bits per heavy atom. The van der Waals surface area contributed by atoms with Crippen molar-refractivity contribution in [1.29, 1.82) is 0 Å². The topological polar surface area (TPSA) is 65.7 Å². The van der Waals surface area contributed by atoms with Gasteiger partial charge in [-0.25, -0.2) is 4.98 Å². The van der Waals surface area contributed by atoms with Crippen LogP contribution in [0.25, 0.3) is 22.3 Å². The Bertz CT molecular complexity index is 1490. The number of aryl methyl sites for hydroxylation is 1. The maximum Gasteiger partial charge on any atom is 0.282 e. The maximum atomic E-state index is 13.6.